The molecule has 0 aliphatic carbocycles. The maximum atomic E-state index is 13.1. The third kappa shape index (κ3) is 6.34. The molecule has 0 unspecified atom stereocenters. The molecule has 4 rings (SSSR count). The summed E-state index contributed by atoms with van der Waals surface area (Å²) in [6.45, 7) is 3.35. The molecule has 190 valence electrons. The molecule has 2 aromatic heterocycles. The SMILES string of the molecule is CCOc1cncc(-c2csc(C(=O)N3CCN(c4ccc(C(=O)NCC(F)(F)F)cc4)CC3)c2)c1. The Bertz CT molecular complexity index is 1210. The number of nitrogens with zero attached hydrogens (tertiary/aromatic N) is 3. The molecule has 11 heteroatoms. The summed E-state index contributed by atoms with van der Waals surface area (Å²) in [5.74, 6) is -0.123. The number of nitrogens with one attached hydrogen (secondary N) is 1. The van der Waals surface area contributed by atoms with Gasteiger partial charge < -0.3 is 19.9 Å². The molecule has 1 aliphatic heterocycles. The molecule has 7 nitrogen and oxygen atoms in total. The molecule has 1 saturated heterocycles. The largest absolute Gasteiger partial charge is 0.492 e. The average molecular weight is 519 g/mol. The number of carbonyl (C=O) groups excluding carboxylic acids is 2. The highest BCUT2D eigenvalue weighted by molar-refractivity contribution is 7.12. The summed E-state index contributed by atoms with van der Waals surface area (Å²) in [7, 11) is 0. The van der Waals surface area contributed by atoms with Gasteiger partial charge in [0.1, 0.15) is 12.3 Å². The highest BCUT2D eigenvalue weighted by Gasteiger charge is 2.28. The van der Waals surface area contributed by atoms with Gasteiger partial charge >= 0.3 is 6.18 Å². The number of hydrogen-bond acceptors (Lipinski definition) is 6. The predicted molar refractivity (Wildman–Crippen MR) is 132 cm³/mol. The third-order valence-corrected chi connectivity index (χ3v) is 6.60. The first-order chi connectivity index (χ1) is 17.2. The molecular formula is C25H25F3N4O3S. The summed E-state index contributed by atoms with van der Waals surface area (Å²) in [6.07, 6.45) is -1.06. The summed E-state index contributed by atoms with van der Waals surface area (Å²) in [6, 6.07) is 10.2. The van der Waals surface area contributed by atoms with Crippen molar-refractivity contribution in [1.29, 1.82) is 0 Å². The van der Waals surface area contributed by atoms with Gasteiger partial charge in [-0.15, -0.1) is 11.3 Å². The highest BCUT2D eigenvalue weighted by Crippen LogP contribution is 2.29. The fraction of sp³-hybridized carbons (Fsp3) is 0.320. The van der Waals surface area contributed by atoms with Gasteiger partial charge in [-0.05, 0) is 54.3 Å². The van der Waals surface area contributed by atoms with E-state index in [0.29, 0.717) is 43.4 Å². The number of ether oxygens (including phenoxy) is 1. The van der Waals surface area contributed by atoms with Crippen LogP contribution in [-0.4, -0.2) is 67.2 Å². The molecule has 1 aromatic carbocycles. The number of piperazine rings is 1. The number of halogens is 3. The topological polar surface area (TPSA) is 74.8 Å². The second-order valence-electron chi connectivity index (χ2n) is 8.17. The zero-order valence-electron chi connectivity index (χ0n) is 19.5. The second kappa shape index (κ2) is 11.0. The Morgan fingerprint density at radius 1 is 1.06 bits per heavy atom. The van der Waals surface area contributed by atoms with Gasteiger partial charge in [0.2, 0.25) is 0 Å². The Labute approximate surface area is 210 Å². The maximum absolute atomic E-state index is 13.1. The summed E-state index contributed by atoms with van der Waals surface area (Å²) in [5, 5.41) is 3.79. The number of amides is 2. The number of anilines is 1. The molecule has 0 saturated carbocycles. The summed E-state index contributed by atoms with van der Waals surface area (Å²) < 4.78 is 42.4. The Balaban J connectivity index is 1.32. The highest BCUT2D eigenvalue weighted by atomic mass is 32.1. The van der Waals surface area contributed by atoms with E-state index in [1.54, 1.807) is 29.4 Å². The average Bonchev–Trinajstić information content (AvgIpc) is 3.37. The van der Waals surface area contributed by atoms with Crippen molar-refractivity contribution in [1.82, 2.24) is 15.2 Å². The number of carbonyl (C=O) groups is 2. The fourth-order valence-corrected chi connectivity index (χ4v) is 4.73. The first-order valence-corrected chi connectivity index (χ1v) is 12.3. The minimum Gasteiger partial charge on any atom is -0.492 e. The van der Waals surface area contributed by atoms with Crippen molar-refractivity contribution >= 4 is 28.8 Å². The lowest BCUT2D eigenvalue weighted by Crippen LogP contribution is -2.48. The first kappa shape index (κ1) is 25.5. The summed E-state index contributed by atoms with van der Waals surface area (Å²) in [5.41, 5.74) is 2.80. The smallest absolute Gasteiger partial charge is 0.405 e. The molecule has 1 fully saturated rings. The van der Waals surface area contributed by atoms with Crippen molar-refractivity contribution < 1.29 is 27.5 Å². The van der Waals surface area contributed by atoms with Crippen LogP contribution in [0.15, 0.2) is 54.2 Å². The number of pyridine rings is 1. The van der Waals surface area contributed by atoms with Gasteiger partial charge in [0.25, 0.3) is 11.8 Å². The standard InChI is InChI=1S/C25H25F3N4O3S/c1-2-35-21-11-18(13-29-14-21)19-12-22(36-15-19)24(34)32-9-7-31(8-10-32)20-5-3-17(4-6-20)23(33)30-16-25(26,27)28/h3-6,11-15H,2,7-10,16H2,1H3,(H,30,33). The van der Waals surface area contributed by atoms with E-state index in [1.807, 2.05) is 29.8 Å². The number of hydrogen-bond donors (Lipinski definition) is 1. The quantitative estimate of drug-likeness (QED) is 0.500. The van der Waals surface area contributed by atoms with Crippen LogP contribution >= 0.6 is 11.3 Å². The fourth-order valence-electron chi connectivity index (χ4n) is 3.85. The first-order valence-electron chi connectivity index (χ1n) is 11.4. The number of aromatic nitrogens is 1. The van der Waals surface area contributed by atoms with Gasteiger partial charge in [-0.3, -0.25) is 14.6 Å². The summed E-state index contributed by atoms with van der Waals surface area (Å²) in [4.78, 5) is 33.7. The Kier molecular flexibility index (Phi) is 7.78. The molecular weight excluding hydrogens is 493 g/mol. The lowest BCUT2D eigenvalue weighted by Gasteiger charge is -2.36. The van der Waals surface area contributed by atoms with Crippen molar-refractivity contribution in [3.63, 3.8) is 0 Å². The van der Waals surface area contributed by atoms with Crippen LogP contribution in [0.4, 0.5) is 18.9 Å². The molecule has 0 radical (unpaired) electrons. The van der Waals surface area contributed by atoms with Crippen molar-refractivity contribution in [3.05, 3.63) is 64.6 Å². The number of thiophene rings is 1. The number of benzene rings is 1. The van der Waals surface area contributed by atoms with Crippen LogP contribution in [0.5, 0.6) is 5.75 Å². The van der Waals surface area contributed by atoms with Crippen molar-refractivity contribution in [3.8, 4) is 16.9 Å². The van der Waals surface area contributed by atoms with Crippen molar-refractivity contribution in [2.75, 3.05) is 44.2 Å². The van der Waals surface area contributed by atoms with Gasteiger partial charge in [0.15, 0.2) is 0 Å². The van der Waals surface area contributed by atoms with Crippen LogP contribution in [-0.2, 0) is 0 Å². The van der Waals surface area contributed by atoms with E-state index < -0.39 is 18.6 Å². The van der Waals surface area contributed by atoms with E-state index in [9.17, 15) is 22.8 Å². The van der Waals surface area contributed by atoms with Gasteiger partial charge in [0.05, 0.1) is 17.7 Å². The van der Waals surface area contributed by atoms with E-state index in [1.165, 1.54) is 23.5 Å². The zero-order valence-corrected chi connectivity index (χ0v) is 20.4. The van der Waals surface area contributed by atoms with Crippen LogP contribution in [0.25, 0.3) is 11.1 Å². The maximum Gasteiger partial charge on any atom is 0.405 e. The molecule has 0 bridgehead atoms. The lowest BCUT2D eigenvalue weighted by molar-refractivity contribution is -0.123. The van der Waals surface area contributed by atoms with E-state index in [-0.39, 0.29) is 11.5 Å². The van der Waals surface area contributed by atoms with Gasteiger partial charge in [0, 0.05) is 49.2 Å². The molecule has 2 amide bonds. The molecule has 3 heterocycles. The van der Waals surface area contributed by atoms with Crippen LogP contribution < -0.4 is 15.0 Å². The third-order valence-electron chi connectivity index (χ3n) is 5.68. The monoisotopic (exact) mass is 518 g/mol. The minimum absolute atomic E-state index is 0.0310. The summed E-state index contributed by atoms with van der Waals surface area (Å²) >= 11 is 1.39. The van der Waals surface area contributed by atoms with Gasteiger partial charge in [-0.1, -0.05) is 0 Å². The van der Waals surface area contributed by atoms with Crippen LogP contribution in [0.1, 0.15) is 27.0 Å². The lowest BCUT2D eigenvalue weighted by atomic mass is 10.1. The van der Waals surface area contributed by atoms with E-state index in [4.69, 9.17) is 4.74 Å². The molecule has 1 aliphatic rings. The predicted octanol–water partition coefficient (Wildman–Crippen LogP) is 4.46. The molecule has 3 aromatic rings. The van der Waals surface area contributed by atoms with Crippen LogP contribution in [0, 0.1) is 0 Å². The Morgan fingerprint density at radius 2 is 1.78 bits per heavy atom. The van der Waals surface area contributed by atoms with E-state index >= 15 is 0 Å². The molecule has 36 heavy (non-hydrogen) atoms. The zero-order chi connectivity index (χ0) is 25.7. The second-order valence-corrected chi connectivity index (χ2v) is 9.08. The van der Waals surface area contributed by atoms with Gasteiger partial charge in [-0.2, -0.15) is 13.2 Å². The number of alkyl halides is 3. The normalized spacial score (nSPS) is 14.0. The minimum atomic E-state index is -4.46. The van der Waals surface area contributed by atoms with Crippen LogP contribution in [0.3, 0.4) is 0 Å². The molecule has 1 N–H and O–H groups in total. The Morgan fingerprint density at radius 3 is 2.44 bits per heavy atom. The molecule has 0 atom stereocenters. The van der Waals surface area contributed by atoms with E-state index in [0.717, 1.165) is 16.8 Å². The number of rotatable bonds is 7. The molecule has 0 spiro atoms. The van der Waals surface area contributed by atoms with E-state index in [2.05, 4.69) is 9.88 Å². The van der Waals surface area contributed by atoms with Gasteiger partial charge in [-0.25, -0.2) is 0 Å². The van der Waals surface area contributed by atoms with Crippen molar-refractivity contribution in [2.24, 2.45) is 0 Å². The van der Waals surface area contributed by atoms with Crippen molar-refractivity contribution in [2.45, 2.75) is 13.1 Å². The van der Waals surface area contributed by atoms with Crippen LogP contribution in [0.2, 0.25) is 0 Å². The Hall–Kier alpha value is -3.60.